The molecule has 0 aromatic carbocycles. The van der Waals surface area contributed by atoms with Crippen LogP contribution in [0.2, 0.25) is 0 Å². The number of nitrogens with zero attached hydrogens (tertiary/aromatic N) is 3. The van der Waals surface area contributed by atoms with Crippen LogP contribution < -0.4 is 4.72 Å². The van der Waals surface area contributed by atoms with Gasteiger partial charge in [0.2, 0.25) is 0 Å². The molecule has 1 atom stereocenters. The zero-order valence-corrected chi connectivity index (χ0v) is 12.9. The lowest BCUT2D eigenvalue weighted by atomic mass is 10.0. The number of hydrogen-bond acceptors (Lipinski definition) is 5. The molecule has 8 nitrogen and oxygen atoms in total. The van der Waals surface area contributed by atoms with Gasteiger partial charge in [-0.1, -0.05) is 0 Å². The standard InChI is InChI=1S/C12H22N4O4S/c1-20-6-5-15-9-12(7-13-15)14-21(18,19)16-4-2-3-11(8-16)10-17/h7,9,11,14,17H,2-6,8,10H2,1H3. The molecule has 1 aliphatic rings. The third kappa shape index (κ3) is 4.40. The van der Waals surface area contributed by atoms with Gasteiger partial charge in [-0.25, -0.2) is 0 Å². The van der Waals surface area contributed by atoms with Crippen molar-refractivity contribution in [3.8, 4) is 0 Å². The van der Waals surface area contributed by atoms with Gasteiger partial charge < -0.3 is 9.84 Å². The summed E-state index contributed by atoms with van der Waals surface area (Å²) in [4.78, 5) is 0. The summed E-state index contributed by atoms with van der Waals surface area (Å²) in [6.07, 6.45) is 4.72. The van der Waals surface area contributed by atoms with Gasteiger partial charge in [0.25, 0.3) is 0 Å². The van der Waals surface area contributed by atoms with Crippen molar-refractivity contribution in [1.29, 1.82) is 0 Å². The second kappa shape index (κ2) is 7.21. The van der Waals surface area contributed by atoms with Crippen LogP contribution in [-0.2, 0) is 21.5 Å². The lowest BCUT2D eigenvalue weighted by molar-refractivity contribution is 0.166. The average molecular weight is 318 g/mol. The highest BCUT2D eigenvalue weighted by Gasteiger charge is 2.28. The fourth-order valence-corrected chi connectivity index (χ4v) is 3.64. The summed E-state index contributed by atoms with van der Waals surface area (Å²) >= 11 is 0. The van der Waals surface area contributed by atoms with Gasteiger partial charge in [-0.15, -0.1) is 0 Å². The average Bonchev–Trinajstić information content (AvgIpc) is 2.92. The Bertz CT molecular complexity index is 545. The first kappa shape index (κ1) is 16.2. The van der Waals surface area contributed by atoms with Gasteiger partial charge in [0, 0.05) is 33.0 Å². The van der Waals surface area contributed by atoms with Crippen LogP contribution in [0.25, 0.3) is 0 Å². The number of aliphatic hydroxyl groups excluding tert-OH is 1. The molecule has 0 radical (unpaired) electrons. The molecule has 1 aliphatic heterocycles. The summed E-state index contributed by atoms with van der Waals surface area (Å²) in [5, 5.41) is 13.2. The topological polar surface area (TPSA) is 96.7 Å². The molecule has 9 heteroatoms. The first-order chi connectivity index (χ1) is 10.0. The van der Waals surface area contributed by atoms with Crippen molar-refractivity contribution in [2.24, 2.45) is 5.92 Å². The van der Waals surface area contributed by atoms with E-state index >= 15 is 0 Å². The van der Waals surface area contributed by atoms with E-state index in [0.717, 1.165) is 12.8 Å². The van der Waals surface area contributed by atoms with E-state index < -0.39 is 10.2 Å². The summed E-state index contributed by atoms with van der Waals surface area (Å²) in [5.74, 6) is 0.0137. The molecule has 1 aromatic rings. The summed E-state index contributed by atoms with van der Waals surface area (Å²) < 4.78 is 35.1. The minimum absolute atomic E-state index is 0.0137. The normalized spacial score (nSPS) is 20.6. The van der Waals surface area contributed by atoms with Gasteiger partial charge in [0.1, 0.15) is 0 Å². The number of hydrogen-bond donors (Lipinski definition) is 2. The fraction of sp³-hybridized carbons (Fsp3) is 0.750. The summed E-state index contributed by atoms with van der Waals surface area (Å²) in [6, 6.07) is 0. The molecule has 120 valence electrons. The number of rotatable bonds is 7. The second-order valence-corrected chi connectivity index (χ2v) is 6.81. The molecule has 1 saturated heterocycles. The van der Waals surface area contributed by atoms with Crippen LogP contribution in [0.5, 0.6) is 0 Å². The Morgan fingerprint density at radius 2 is 2.38 bits per heavy atom. The Labute approximate surface area is 124 Å². The first-order valence-electron chi connectivity index (χ1n) is 6.95. The van der Waals surface area contributed by atoms with E-state index in [4.69, 9.17) is 4.74 Å². The number of piperidine rings is 1. The highest BCUT2D eigenvalue weighted by atomic mass is 32.2. The van der Waals surface area contributed by atoms with Gasteiger partial charge in [-0.05, 0) is 18.8 Å². The molecule has 1 aromatic heterocycles. The molecule has 1 unspecified atom stereocenters. The molecule has 0 spiro atoms. The smallest absolute Gasteiger partial charge is 0.301 e. The maximum Gasteiger partial charge on any atom is 0.301 e. The predicted molar refractivity (Wildman–Crippen MR) is 78.0 cm³/mol. The Kier molecular flexibility index (Phi) is 5.57. The number of nitrogens with one attached hydrogen (secondary N) is 1. The zero-order chi connectivity index (χ0) is 15.3. The molecular weight excluding hydrogens is 296 g/mol. The molecule has 2 N–H and O–H groups in total. The third-order valence-electron chi connectivity index (χ3n) is 3.48. The van der Waals surface area contributed by atoms with E-state index in [1.807, 2.05) is 0 Å². The van der Waals surface area contributed by atoms with Crippen molar-refractivity contribution in [2.45, 2.75) is 19.4 Å². The summed E-state index contributed by atoms with van der Waals surface area (Å²) in [7, 11) is -2.00. The molecule has 1 fully saturated rings. The van der Waals surface area contributed by atoms with Crippen LogP contribution in [0.15, 0.2) is 12.4 Å². The zero-order valence-electron chi connectivity index (χ0n) is 12.1. The summed E-state index contributed by atoms with van der Waals surface area (Å²) in [5.41, 5.74) is 0.428. The van der Waals surface area contributed by atoms with Crippen LogP contribution >= 0.6 is 0 Å². The number of ether oxygens (including phenoxy) is 1. The number of aliphatic hydroxyl groups is 1. The van der Waals surface area contributed by atoms with Gasteiger partial charge >= 0.3 is 10.2 Å². The number of anilines is 1. The van der Waals surface area contributed by atoms with Crippen LogP contribution in [0.3, 0.4) is 0 Å². The van der Waals surface area contributed by atoms with E-state index in [0.29, 0.717) is 31.9 Å². The van der Waals surface area contributed by atoms with Gasteiger partial charge in [-0.3, -0.25) is 9.40 Å². The van der Waals surface area contributed by atoms with E-state index in [-0.39, 0.29) is 12.5 Å². The van der Waals surface area contributed by atoms with Gasteiger partial charge in [0.15, 0.2) is 0 Å². The lowest BCUT2D eigenvalue weighted by Gasteiger charge is -2.30. The lowest BCUT2D eigenvalue weighted by Crippen LogP contribution is -2.43. The molecular formula is C12H22N4O4S. The van der Waals surface area contributed by atoms with E-state index in [1.165, 1.54) is 10.5 Å². The molecule has 2 rings (SSSR count). The molecule has 0 saturated carbocycles. The Hall–Kier alpha value is -1.16. The van der Waals surface area contributed by atoms with Crippen LogP contribution in [0, 0.1) is 5.92 Å². The van der Waals surface area contributed by atoms with Crippen LogP contribution in [-0.4, -0.2) is 61.0 Å². The molecule has 21 heavy (non-hydrogen) atoms. The fourth-order valence-electron chi connectivity index (χ4n) is 2.33. The number of aromatic nitrogens is 2. The second-order valence-electron chi connectivity index (χ2n) is 5.14. The van der Waals surface area contributed by atoms with Crippen molar-refractivity contribution in [2.75, 3.05) is 38.1 Å². The maximum atomic E-state index is 12.3. The van der Waals surface area contributed by atoms with Gasteiger partial charge in [0.05, 0.1) is 25.0 Å². The van der Waals surface area contributed by atoms with E-state index in [2.05, 4.69) is 9.82 Å². The largest absolute Gasteiger partial charge is 0.396 e. The van der Waals surface area contributed by atoms with Crippen molar-refractivity contribution in [1.82, 2.24) is 14.1 Å². The maximum absolute atomic E-state index is 12.3. The molecule has 0 aliphatic carbocycles. The minimum Gasteiger partial charge on any atom is -0.396 e. The predicted octanol–water partition coefficient (Wildman–Crippen LogP) is -0.109. The van der Waals surface area contributed by atoms with Crippen LogP contribution in [0.1, 0.15) is 12.8 Å². The SMILES string of the molecule is COCCn1cc(NS(=O)(=O)N2CCCC(CO)C2)cn1. The van der Waals surface area contributed by atoms with Gasteiger partial charge in [-0.2, -0.15) is 17.8 Å². The van der Waals surface area contributed by atoms with Crippen molar-refractivity contribution >= 4 is 15.9 Å². The Balaban J connectivity index is 1.98. The summed E-state index contributed by atoms with van der Waals surface area (Å²) in [6.45, 7) is 1.92. The highest BCUT2D eigenvalue weighted by Crippen LogP contribution is 2.20. The quantitative estimate of drug-likeness (QED) is 0.731. The Morgan fingerprint density at radius 3 is 3.10 bits per heavy atom. The van der Waals surface area contributed by atoms with Crippen molar-refractivity contribution in [3.05, 3.63) is 12.4 Å². The van der Waals surface area contributed by atoms with E-state index in [1.54, 1.807) is 18.0 Å². The first-order valence-corrected chi connectivity index (χ1v) is 8.39. The Morgan fingerprint density at radius 1 is 1.57 bits per heavy atom. The van der Waals surface area contributed by atoms with Crippen molar-refractivity contribution in [3.63, 3.8) is 0 Å². The minimum atomic E-state index is -3.60. The van der Waals surface area contributed by atoms with Crippen molar-refractivity contribution < 1.29 is 18.3 Å². The third-order valence-corrected chi connectivity index (χ3v) is 4.99. The van der Waals surface area contributed by atoms with Crippen LogP contribution in [0.4, 0.5) is 5.69 Å². The molecule has 2 heterocycles. The highest BCUT2D eigenvalue weighted by molar-refractivity contribution is 7.90. The monoisotopic (exact) mass is 318 g/mol. The number of methoxy groups -OCH3 is 1. The molecule has 0 amide bonds. The van der Waals surface area contributed by atoms with E-state index in [9.17, 15) is 13.5 Å². The molecule has 0 bridgehead atoms.